The normalized spacial score (nSPS) is 22.7. The number of aromatic nitrogens is 3. The summed E-state index contributed by atoms with van der Waals surface area (Å²) in [7, 11) is 4.02. The van der Waals surface area contributed by atoms with E-state index in [1.54, 1.807) is 0 Å². The predicted molar refractivity (Wildman–Crippen MR) is 96.8 cm³/mol. The quantitative estimate of drug-likeness (QED) is 0.850. The van der Waals surface area contributed by atoms with Gasteiger partial charge in [0.25, 0.3) is 0 Å². The third-order valence-corrected chi connectivity index (χ3v) is 5.49. The Bertz CT molecular complexity index is 753. The summed E-state index contributed by atoms with van der Waals surface area (Å²) < 4.78 is 0. The zero-order valence-electron chi connectivity index (χ0n) is 14.8. The molecule has 1 saturated heterocycles. The molecule has 5 heteroatoms. The molecule has 1 aliphatic heterocycles. The SMILES string of the molecule is Cc1cccnc1N1CCCC2(CCc3cnc(N(C)C)nc32)C1. The van der Waals surface area contributed by atoms with Gasteiger partial charge in [-0.25, -0.2) is 15.0 Å². The molecule has 1 fully saturated rings. The number of aryl methyl sites for hydroxylation is 2. The van der Waals surface area contributed by atoms with E-state index in [0.717, 1.165) is 31.3 Å². The molecule has 1 unspecified atom stereocenters. The van der Waals surface area contributed by atoms with Gasteiger partial charge in [0.1, 0.15) is 5.82 Å². The van der Waals surface area contributed by atoms with Crippen molar-refractivity contribution >= 4 is 11.8 Å². The Morgan fingerprint density at radius 1 is 1.21 bits per heavy atom. The second-order valence-corrected chi connectivity index (χ2v) is 7.39. The van der Waals surface area contributed by atoms with Crippen molar-refractivity contribution in [3.05, 3.63) is 41.3 Å². The van der Waals surface area contributed by atoms with E-state index in [-0.39, 0.29) is 5.41 Å². The molecule has 0 amide bonds. The Morgan fingerprint density at radius 2 is 2.08 bits per heavy atom. The lowest BCUT2D eigenvalue weighted by atomic mass is 9.77. The molecule has 24 heavy (non-hydrogen) atoms. The summed E-state index contributed by atoms with van der Waals surface area (Å²) in [5.74, 6) is 1.95. The molecular weight excluding hydrogens is 298 g/mol. The highest BCUT2D eigenvalue weighted by molar-refractivity contribution is 5.49. The molecule has 1 aliphatic carbocycles. The summed E-state index contributed by atoms with van der Waals surface area (Å²) >= 11 is 0. The van der Waals surface area contributed by atoms with Crippen LogP contribution in [0.2, 0.25) is 0 Å². The first-order valence-corrected chi connectivity index (χ1v) is 8.79. The average Bonchev–Trinajstić information content (AvgIpc) is 2.93. The van der Waals surface area contributed by atoms with E-state index < -0.39 is 0 Å². The minimum Gasteiger partial charge on any atom is -0.355 e. The van der Waals surface area contributed by atoms with Gasteiger partial charge in [-0.1, -0.05) is 6.07 Å². The lowest BCUT2D eigenvalue weighted by Gasteiger charge is -2.41. The monoisotopic (exact) mass is 323 g/mol. The van der Waals surface area contributed by atoms with Crippen LogP contribution in [0.15, 0.2) is 24.5 Å². The minimum atomic E-state index is 0.158. The smallest absolute Gasteiger partial charge is 0.225 e. The number of fused-ring (bicyclic) bond motifs is 2. The van der Waals surface area contributed by atoms with Crippen LogP contribution in [-0.4, -0.2) is 42.1 Å². The zero-order valence-corrected chi connectivity index (χ0v) is 14.8. The molecule has 126 valence electrons. The summed E-state index contributed by atoms with van der Waals surface area (Å²) in [6.07, 6.45) is 8.62. The average molecular weight is 323 g/mol. The highest BCUT2D eigenvalue weighted by Crippen LogP contribution is 2.45. The molecule has 1 atom stereocenters. The van der Waals surface area contributed by atoms with Gasteiger partial charge in [0, 0.05) is 45.0 Å². The van der Waals surface area contributed by atoms with E-state index in [0.29, 0.717) is 0 Å². The van der Waals surface area contributed by atoms with Crippen molar-refractivity contribution in [2.45, 2.75) is 38.0 Å². The van der Waals surface area contributed by atoms with Crippen LogP contribution in [0.4, 0.5) is 11.8 Å². The third kappa shape index (κ3) is 2.43. The van der Waals surface area contributed by atoms with Gasteiger partial charge in [-0.15, -0.1) is 0 Å². The first-order valence-electron chi connectivity index (χ1n) is 8.79. The highest BCUT2D eigenvalue weighted by atomic mass is 15.2. The van der Waals surface area contributed by atoms with Crippen LogP contribution < -0.4 is 9.80 Å². The van der Waals surface area contributed by atoms with Gasteiger partial charge in [0.15, 0.2) is 0 Å². The van der Waals surface area contributed by atoms with Gasteiger partial charge in [-0.3, -0.25) is 0 Å². The third-order valence-electron chi connectivity index (χ3n) is 5.49. The number of hydrogen-bond acceptors (Lipinski definition) is 5. The van der Waals surface area contributed by atoms with E-state index >= 15 is 0 Å². The molecule has 2 aromatic heterocycles. The van der Waals surface area contributed by atoms with E-state index in [1.807, 2.05) is 37.5 Å². The molecule has 1 spiro atoms. The number of rotatable bonds is 2. The Morgan fingerprint density at radius 3 is 2.88 bits per heavy atom. The highest BCUT2D eigenvalue weighted by Gasteiger charge is 2.44. The standard InChI is InChI=1S/C19H25N5/c1-14-6-4-10-20-17(14)24-11-5-8-19(13-24)9-7-15-12-21-18(23(2)3)22-16(15)19/h4,6,10,12H,5,7-9,11,13H2,1-3H3. The summed E-state index contributed by atoms with van der Waals surface area (Å²) in [5.41, 5.74) is 4.02. The maximum atomic E-state index is 4.95. The molecule has 2 aliphatic rings. The minimum absolute atomic E-state index is 0.158. The lowest BCUT2D eigenvalue weighted by molar-refractivity contribution is 0.333. The fourth-order valence-electron chi connectivity index (χ4n) is 4.27. The van der Waals surface area contributed by atoms with E-state index in [9.17, 15) is 0 Å². The van der Waals surface area contributed by atoms with Crippen LogP contribution in [0.3, 0.4) is 0 Å². The predicted octanol–water partition coefficient (Wildman–Crippen LogP) is 2.73. The first kappa shape index (κ1) is 15.4. The summed E-state index contributed by atoms with van der Waals surface area (Å²) in [6.45, 7) is 4.25. The fraction of sp³-hybridized carbons (Fsp3) is 0.526. The summed E-state index contributed by atoms with van der Waals surface area (Å²) in [6, 6.07) is 4.17. The van der Waals surface area contributed by atoms with Gasteiger partial charge < -0.3 is 9.80 Å². The van der Waals surface area contributed by atoms with Crippen molar-refractivity contribution < 1.29 is 0 Å². The maximum absolute atomic E-state index is 4.95. The second-order valence-electron chi connectivity index (χ2n) is 7.39. The first-order chi connectivity index (χ1) is 11.6. The topological polar surface area (TPSA) is 45.2 Å². The molecule has 2 aromatic rings. The number of pyridine rings is 1. The van der Waals surface area contributed by atoms with Crippen LogP contribution >= 0.6 is 0 Å². The molecule has 4 rings (SSSR count). The molecular formula is C19H25N5. The van der Waals surface area contributed by atoms with Gasteiger partial charge in [0.05, 0.1) is 5.69 Å². The number of nitrogens with zero attached hydrogens (tertiary/aromatic N) is 5. The van der Waals surface area contributed by atoms with Crippen molar-refractivity contribution in [3.8, 4) is 0 Å². The molecule has 0 bridgehead atoms. The van der Waals surface area contributed by atoms with Crippen molar-refractivity contribution in [1.82, 2.24) is 15.0 Å². The van der Waals surface area contributed by atoms with Crippen molar-refractivity contribution in [2.24, 2.45) is 0 Å². The van der Waals surface area contributed by atoms with Crippen LogP contribution in [0.1, 0.15) is 36.1 Å². The maximum Gasteiger partial charge on any atom is 0.225 e. The van der Waals surface area contributed by atoms with Crippen molar-refractivity contribution in [2.75, 3.05) is 37.0 Å². The molecule has 0 radical (unpaired) electrons. The van der Waals surface area contributed by atoms with Crippen LogP contribution in [0, 0.1) is 6.92 Å². The number of anilines is 2. The van der Waals surface area contributed by atoms with Crippen LogP contribution in [-0.2, 0) is 11.8 Å². The Labute approximate surface area is 143 Å². The van der Waals surface area contributed by atoms with Crippen LogP contribution in [0.5, 0.6) is 0 Å². The molecule has 3 heterocycles. The summed E-state index contributed by atoms with van der Waals surface area (Å²) in [5, 5.41) is 0. The van der Waals surface area contributed by atoms with Gasteiger partial charge in [0.2, 0.25) is 5.95 Å². The summed E-state index contributed by atoms with van der Waals surface area (Å²) in [4.78, 5) is 18.6. The van der Waals surface area contributed by atoms with Gasteiger partial charge in [-0.05, 0) is 49.8 Å². The Balaban J connectivity index is 1.70. The van der Waals surface area contributed by atoms with Crippen molar-refractivity contribution in [1.29, 1.82) is 0 Å². The van der Waals surface area contributed by atoms with Crippen LogP contribution in [0.25, 0.3) is 0 Å². The van der Waals surface area contributed by atoms with E-state index in [2.05, 4.69) is 27.9 Å². The molecule has 0 aromatic carbocycles. The fourth-order valence-corrected chi connectivity index (χ4v) is 4.27. The number of hydrogen-bond donors (Lipinski definition) is 0. The van der Waals surface area contributed by atoms with E-state index in [1.165, 1.54) is 36.1 Å². The second kappa shape index (κ2) is 5.72. The Kier molecular flexibility index (Phi) is 3.66. The Hall–Kier alpha value is -2.17. The largest absolute Gasteiger partial charge is 0.355 e. The lowest BCUT2D eigenvalue weighted by Crippen LogP contribution is -2.46. The number of piperidine rings is 1. The molecule has 0 saturated carbocycles. The van der Waals surface area contributed by atoms with Gasteiger partial charge >= 0.3 is 0 Å². The molecule has 0 N–H and O–H groups in total. The van der Waals surface area contributed by atoms with E-state index in [4.69, 9.17) is 4.98 Å². The molecule has 5 nitrogen and oxygen atoms in total. The van der Waals surface area contributed by atoms with Crippen molar-refractivity contribution in [3.63, 3.8) is 0 Å². The zero-order chi connectivity index (χ0) is 16.7. The van der Waals surface area contributed by atoms with Gasteiger partial charge in [-0.2, -0.15) is 0 Å².